The Morgan fingerprint density at radius 2 is 1.74 bits per heavy atom. The van der Waals surface area contributed by atoms with Crippen molar-refractivity contribution in [3.63, 3.8) is 0 Å². The highest BCUT2D eigenvalue weighted by molar-refractivity contribution is 9.10. The molecule has 0 fully saturated rings. The summed E-state index contributed by atoms with van der Waals surface area (Å²) >= 11 is 3.42. The molecule has 1 aromatic rings. The van der Waals surface area contributed by atoms with Crippen molar-refractivity contribution in [2.24, 2.45) is 5.41 Å². The molecule has 0 saturated carbocycles. The van der Waals surface area contributed by atoms with Crippen molar-refractivity contribution in [3.05, 3.63) is 34.3 Å². The summed E-state index contributed by atoms with van der Waals surface area (Å²) in [6.45, 7) is 10.2. The van der Waals surface area contributed by atoms with Crippen molar-refractivity contribution in [1.29, 1.82) is 0 Å². The summed E-state index contributed by atoms with van der Waals surface area (Å²) in [5, 5.41) is 0. The average molecular weight is 327 g/mol. The van der Waals surface area contributed by atoms with E-state index in [0.717, 1.165) is 16.5 Å². The molecule has 0 heterocycles. The number of hydrogen-bond donors (Lipinski definition) is 0. The van der Waals surface area contributed by atoms with Crippen molar-refractivity contribution in [2.75, 3.05) is 0 Å². The first-order chi connectivity index (χ1) is 8.69. The highest BCUT2D eigenvalue weighted by Gasteiger charge is 2.28. The number of esters is 1. The third-order valence-corrected chi connectivity index (χ3v) is 3.25. The zero-order valence-corrected chi connectivity index (χ0v) is 14.0. The molecular formula is C16H23BrO2. The van der Waals surface area contributed by atoms with Crippen LogP contribution in [0.25, 0.3) is 0 Å². The minimum Gasteiger partial charge on any atom is -0.463 e. The molecule has 3 heteroatoms. The molecule has 0 radical (unpaired) electrons. The summed E-state index contributed by atoms with van der Waals surface area (Å²) < 4.78 is 6.41. The van der Waals surface area contributed by atoms with E-state index in [-0.39, 0.29) is 23.4 Å². The first-order valence-corrected chi connectivity index (χ1v) is 7.44. The van der Waals surface area contributed by atoms with Crippen LogP contribution in [0.4, 0.5) is 0 Å². The van der Waals surface area contributed by atoms with E-state index < -0.39 is 0 Å². The number of carbonyl (C=O) groups excluding carboxylic acids is 1. The standard InChI is InChI=1S/C16H23BrO2/c1-11(2)19-15(18)14(10-16(3,4)5)12-6-8-13(17)9-7-12/h6-9,11,14H,10H2,1-5H3. The van der Waals surface area contributed by atoms with Gasteiger partial charge in [-0.05, 0) is 43.4 Å². The van der Waals surface area contributed by atoms with E-state index in [1.165, 1.54) is 0 Å². The lowest BCUT2D eigenvalue weighted by Crippen LogP contribution is -2.24. The van der Waals surface area contributed by atoms with Crippen LogP contribution in [-0.2, 0) is 9.53 Å². The monoisotopic (exact) mass is 326 g/mol. The fourth-order valence-electron chi connectivity index (χ4n) is 1.96. The van der Waals surface area contributed by atoms with Gasteiger partial charge in [-0.25, -0.2) is 0 Å². The smallest absolute Gasteiger partial charge is 0.313 e. The van der Waals surface area contributed by atoms with Crippen LogP contribution in [0.5, 0.6) is 0 Å². The summed E-state index contributed by atoms with van der Waals surface area (Å²) in [6, 6.07) is 7.91. The zero-order chi connectivity index (χ0) is 14.6. The van der Waals surface area contributed by atoms with E-state index in [1.807, 2.05) is 38.1 Å². The maximum absolute atomic E-state index is 12.3. The molecular weight excluding hydrogens is 304 g/mol. The van der Waals surface area contributed by atoms with Crippen LogP contribution in [-0.4, -0.2) is 12.1 Å². The second kappa shape index (κ2) is 6.56. The van der Waals surface area contributed by atoms with Gasteiger partial charge in [-0.15, -0.1) is 0 Å². The van der Waals surface area contributed by atoms with Crippen LogP contribution in [0.3, 0.4) is 0 Å². The molecule has 0 saturated heterocycles. The van der Waals surface area contributed by atoms with Crippen LogP contribution in [0, 0.1) is 5.41 Å². The van der Waals surface area contributed by atoms with Crippen molar-refractivity contribution in [1.82, 2.24) is 0 Å². The largest absolute Gasteiger partial charge is 0.463 e. The Morgan fingerprint density at radius 1 is 1.21 bits per heavy atom. The molecule has 0 bridgehead atoms. The number of benzene rings is 1. The highest BCUT2D eigenvalue weighted by Crippen LogP contribution is 2.33. The summed E-state index contributed by atoms with van der Waals surface area (Å²) in [6.07, 6.45) is 0.700. The lowest BCUT2D eigenvalue weighted by Gasteiger charge is -2.26. The molecule has 0 spiro atoms. The Hall–Kier alpha value is -0.830. The van der Waals surface area contributed by atoms with Crippen LogP contribution in [0.1, 0.15) is 52.5 Å². The van der Waals surface area contributed by atoms with Crippen molar-refractivity contribution in [3.8, 4) is 0 Å². The van der Waals surface area contributed by atoms with Gasteiger partial charge in [0.15, 0.2) is 0 Å². The molecule has 1 atom stereocenters. The molecule has 0 N–H and O–H groups in total. The number of rotatable bonds is 4. The normalized spacial score (nSPS) is 13.4. The Morgan fingerprint density at radius 3 is 2.16 bits per heavy atom. The zero-order valence-electron chi connectivity index (χ0n) is 12.4. The second-order valence-corrected chi connectivity index (χ2v) is 7.27. The Labute approximate surface area is 124 Å². The molecule has 0 aliphatic carbocycles. The molecule has 0 aliphatic rings. The van der Waals surface area contributed by atoms with Crippen LogP contribution in [0.2, 0.25) is 0 Å². The van der Waals surface area contributed by atoms with Gasteiger partial charge in [0.25, 0.3) is 0 Å². The molecule has 0 aliphatic heterocycles. The number of hydrogen-bond acceptors (Lipinski definition) is 2. The summed E-state index contributed by atoms with van der Waals surface area (Å²) in [5.74, 6) is -0.331. The van der Waals surface area contributed by atoms with Crippen molar-refractivity contribution < 1.29 is 9.53 Å². The predicted octanol–water partition coefficient (Wildman–Crippen LogP) is 4.92. The van der Waals surface area contributed by atoms with E-state index in [0.29, 0.717) is 0 Å². The maximum atomic E-state index is 12.3. The molecule has 19 heavy (non-hydrogen) atoms. The van der Waals surface area contributed by atoms with Gasteiger partial charge in [-0.3, -0.25) is 4.79 Å². The Kier molecular flexibility index (Phi) is 5.60. The van der Waals surface area contributed by atoms with E-state index >= 15 is 0 Å². The van der Waals surface area contributed by atoms with Gasteiger partial charge in [0.05, 0.1) is 12.0 Å². The quantitative estimate of drug-likeness (QED) is 0.734. The fraction of sp³-hybridized carbons (Fsp3) is 0.562. The molecule has 0 amide bonds. The van der Waals surface area contributed by atoms with Gasteiger partial charge < -0.3 is 4.74 Å². The lowest BCUT2D eigenvalue weighted by atomic mass is 9.81. The number of halogens is 1. The van der Waals surface area contributed by atoms with E-state index in [9.17, 15) is 4.79 Å². The van der Waals surface area contributed by atoms with Gasteiger partial charge in [0.2, 0.25) is 0 Å². The van der Waals surface area contributed by atoms with Crippen LogP contribution < -0.4 is 0 Å². The molecule has 2 nitrogen and oxygen atoms in total. The van der Waals surface area contributed by atoms with Crippen LogP contribution in [0.15, 0.2) is 28.7 Å². The fourth-order valence-corrected chi connectivity index (χ4v) is 2.22. The van der Waals surface area contributed by atoms with E-state index in [1.54, 1.807) is 0 Å². The van der Waals surface area contributed by atoms with Gasteiger partial charge in [0.1, 0.15) is 0 Å². The number of carbonyl (C=O) groups is 1. The molecule has 1 unspecified atom stereocenters. The summed E-state index contributed by atoms with van der Waals surface area (Å²) in [7, 11) is 0. The predicted molar refractivity (Wildman–Crippen MR) is 82.2 cm³/mol. The molecule has 106 valence electrons. The Balaban J connectivity index is 2.98. The molecule has 0 aromatic heterocycles. The summed E-state index contributed by atoms with van der Waals surface area (Å²) in [4.78, 5) is 12.3. The van der Waals surface area contributed by atoms with E-state index in [2.05, 4.69) is 36.7 Å². The molecule has 1 aromatic carbocycles. The summed E-state index contributed by atoms with van der Waals surface area (Å²) in [5.41, 5.74) is 1.09. The highest BCUT2D eigenvalue weighted by atomic mass is 79.9. The second-order valence-electron chi connectivity index (χ2n) is 6.35. The third kappa shape index (κ3) is 5.77. The minimum atomic E-state index is -0.199. The van der Waals surface area contributed by atoms with Crippen molar-refractivity contribution in [2.45, 2.75) is 53.1 Å². The maximum Gasteiger partial charge on any atom is 0.313 e. The first-order valence-electron chi connectivity index (χ1n) is 6.65. The van der Waals surface area contributed by atoms with E-state index in [4.69, 9.17) is 4.74 Å². The SMILES string of the molecule is CC(C)OC(=O)C(CC(C)(C)C)c1ccc(Br)cc1. The Bertz CT molecular complexity index is 415. The molecule has 1 rings (SSSR count). The lowest BCUT2D eigenvalue weighted by molar-refractivity contribution is -0.150. The minimum absolute atomic E-state index is 0.0771. The van der Waals surface area contributed by atoms with Crippen molar-refractivity contribution >= 4 is 21.9 Å². The van der Waals surface area contributed by atoms with Gasteiger partial charge in [-0.1, -0.05) is 48.8 Å². The first kappa shape index (κ1) is 16.2. The van der Waals surface area contributed by atoms with Gasteiger partial charge in [-0.2, -0.15) is 0 Å². The number of ether oxygens (including phenoxy) is 1. The average Bonchev–Trinajstić information content (AvgIpc) is 2.25. The van der Waals surface area contributed by atoms with Gasteiger partial charge in [0, 0.05) is 4.47 Å². The van der Waals surface area contributed by atoms with Crippen LogP contribution >= 0.6 is 15.9 Å². The van der Waals surface area contributed by atoms with Gasteiger partial charge >= 0.3 is 5.97 Å². The third-order valence-electron chi connectivity index (χ3n) is 2.73. The topological polar surface area (TPSA) is 26.3 Å².